The highest BCUT2D eigenvalue weighted by molar-refractivity contribution is 6.11. The Morgan fingerprint density at radius 2 is 1.46 bits per heavy atom. The summed E-state index contributed by atoms with van der Waals surface area (Å²) in [6.07, 6.45) is -4.08. The first-order chi connectivity index (χ1) is 19.5. The fraction of sp³-hybridized carbons (Fsp3) is 0.156. The first-order valence-electron chi connectivity index (χ1n) is 12.7. The molecule has 4 aromatic rings. The third-order valence-electron chi connectivity index (χ3n) is 6.26. The number of ether oxygens (including phenoxy) is 1. The van der Waals surface area contributed by atoms with Crippen molar-refractivity contribution in [1.82, 2.24) is 4.90 Å². The third kappa shape index (κ3) is 7.39. The monoisotopic (exact) mass is 560 g/mol. The third-order valence-corrected chi connectivity index (χ3v) is 6.26. The van der Waals surface area contributed by atoms with Crippen molar-refractivity contribution in [3.8, 4) is 16.9 Å². The van der Waals surface area contributed by atoms with Gasteiger partial charge < -0.3 is 15.0 Å². The number of carbonyl (C=O) groups excluding carboxylic acids is 3. The van der Waals surface area contributed by atoms with Crippen LogP contribution in [0, 0.1) is 0 Å². The van der Waals surface area contributed by atoms with Crippen LogP contribution in [0.1, 0.15) is 38.3 Å². The minimum atomic E-state index is -4.47. The average Bonchev–Trinajstić information content (AvgIpc) is 2.96. The lowest BCUT2D eigenvalue weighted by Crippen LogP contribution is -2.24. The molecular weight excluding hydrogens is 533 g/mol. The highest BCUT2D eigenvalue weighted by Gasteiger charge is 2.30. The number of aryl methyl sites for hydroxylation is 1. The van der Waals surface area contributed by atoms with E-state index < -0.39 is 23.6 Å². The van der Waals surface area contributed by atoms with Crippen LogP contribution in [0.3, 0.4) is 0 Å². The van der Waals surface area contributed by atoms with Crippen molar-refractivity contribution in [2.24, 2.45) is 0 Å². The molecule has 0 aliphatic rings. The molecule has 0 aliphatic carbocycles. The van der Waals surface area contributed by atoms with Crippen molar-refractivity contribution in [3.05, 3.63) is 119 Å². The highest BCUT2D eigenvalue weighted by atomic mass is 19.4. The van der Waals surface area contributed by atoms with Gasteiger partial charge in [-0.25, -0.2) is 0 Å². The van der Waals surface area contributed by atoms with E-state index in [0.717, 1.165) is 12.1 Å². The first-order valence-corrected chi connectivity index (χ1v) is 12.7. The Morgan fingerprint density at radius 3 is 2.12 bits per heavy atom. The number of hydrogen-bond acceptors (Lipinski definition) is 4. The number of benzene rings is 4. The van der Waals surface area contributed by atoms with Crippen molar-refractivity contribution >= 4 is 23.5 Å². The van der Waals surface area contributed by atoms with E-state index in [1.165, 1.54) is 17.0 Å². The quantitative estimate of drug-likeness (QED) is 0.189. The Bertz CT molecular complexity index is 1550. The van der Waals surface area contributed by atoms with Gasteiger partial charge in [0.25, 0.3) is 11.8 Å². The van der Waals surface area contributed by atoms with Crippen LogP contribution in [0.4, 0.5) is 18.9 Å². The zero-order chi connectivity index (χ0) is 29.6. The second-order valence-corrected chi connectivity index (χ2v) is 9.44. The summed E-state index contributed by atoms with van der Waals surface area (Å²) in [5.74, 6) is -0.873. The number of nitrogens with one attached hydrogen (secondary N) is 1. The second-order valence-electron chi connectivity index (χ2n) is 9.44. The number of alkyl halides is 3. The van der Waals surface area contributed by atoms with Gasteiger partial charge in [-0.3, -0.25) is 14.4 Å². The molecule has 0 unspecified atom stereocenters. The van der Waals surface area contributed by atoms with Crippen LogP contribution in [-0.4, -0.2) is 36.8 Å². The van der Waals surface area contributed by atoms with E-state index in [-0.39, 0.29) is 29.1 Å². The molecular formula is C32H27F3N2O4. The number of esters is 1. The van der Waals surface area contributed by atoms with E-state index in [2.05, 4.69) is 5.32 Å². The summed E-state index contributed by atoms with van der Waals surface area (Å²) in [6.45, 7) is 0. The summed E-state index contributed by atoms with van der Waals surface area (Å²) in [4.78, 5) is 40.0. The van der Waals surface area contributed by atoms with E-state index in [0.29, 0.717) is 28.9 Å². The predicted molar refractivity (Wildman–Crippen MR) is 150 cm³/mol. The van der Waals surface area contributed by atoms with Gasteiger partial charge in [-0.1, -0.05) is 54.6 Å². The van der Waals surface area contributed by atoms with Gasteiger partial charge >= 0.3 is 12.1 Å². The van der Waals surface area contributed by atoms with Crippen molar-refractivity contribution in [3.63, 3.8) is 0 Å². The molecule has 210 valence electrons. The fourth-order valence-corrected chi connectivity index (χ4v) is 4.15. The minimum absolute atomic E-state index is 0.0801. The molecule has 41 heavy (non-hydrogen) atoms. The zero-order valence-corrected chi connectivity index (χ0v) is 22.4. The molecule has 0 aromatic heterocycles. The molecule has 9 heteroatoms. The van der Waals surface area contributed by atoms with Gasteiger partial charge in [0.05, 0.1) is 16.8 Å². The average molecular weight is 561 g/mol. The van der Waals surface area contributed by atoms with Crippen LogP contribution < -0.4 is 10.1 Å². The first kappa shape index (κ1) is 29.1. The van der Waals surface area contributed by atoms with Crippen molar-refractivity contribution in [2.45, 2.75) is 19.0 Å². The molecule has 0 heterocycles. The number of anilines is 1. The van der Waals surface area contributed by atoms with Crippen LogP contribution in [-0.2, 0) is 17.4 Å². The van der Waals surface area contributed by atoms with Crippen LogP contribution in [0.2, 0.25) is 0 Å². The Kier molecular flexibility index (Phi) is 8.87. The standard InChI is InChI=1S/C32H27F3N2O4/c1-37(2)31(40)27-20-21(13-19-29(38)41-24-8-4-3-5-9-24)12-18-28(27)36-30(39)26-11-7-6-10-25(26)22-14-16-23(17-15-22)32(33,34)35/h3-12,14-18,20H,13,19H2,1-2H3,(H,36,39). The maximum atomic E-state index is 13.4. The van der Waals surface area contributed by atoms with Crippen LogP contribution in [0.5, 0.6) is 5.75 Å². The Labute approximate surface area is 235 Å². The van der Waals surface area contributed by atoms with Crippen LogP contribution in [0.25, 0.3) is 11.1 Å². The Balaban J connectivity index is 1.55. The molecule has 4 aromatic carbocycles. The van der Waals surface area contributed by atoms with E-state index >= 15 is 0 Å². The molecule has 2 amide bonds. The van der Waals surface area contributed by atoms with Crippen LogP contribution >= 0.6 is 0 Å². The maximum Gasteiger partial charge on any atom is 0.416 e. The number of rotatable bonds is 8. The number of halogens is 3. The SMILES string of the molecule is CN(C)C(=O)c1cc(CCC(=O)Oc2ccccc2)ccc1NC(=O)c1ccccc1-c1ccc(C(F)(F)F)cc1. The van der Waals surface area contributed by atoms with E-state index in [4.69, 9.17) is 4.74 Å². The molecule has 0 atom stereocenters. The molecule has 0 aliphatic heterocycles. The van der Waals surface area contributed by atoms with Gasteiger partial charge in [0.15, 0.2) is 0 Å². The van der Waals surface area contributed by atoms with E-state index in [9.17, 15) is 27.6 Å². The van der Waals surface area contributed by atoms with Gasteiger partial charge in [0, 0.05) is 26.1 Å². The summed E-state index contributed by atoms with van der Waals surface area (Å²) < 4.78 is 44.4. The lowest BCUT2D eigenvalue weighted by Gasteiger charge is -2.17. The number of carbonyl (C=O) groups is 3. The molecule has 6 nitrogen and oxygen atoms in total. The number of amides is 2. The van der Waals surface area contributed by atoms with Crippen LogP contribution in [0.15, 0.2) is 97.1 Å². The van der Waals surface area contributed by atoms with Gasteiger partial charge in [-0.05, 0) is 65.6 Å². The summed E-state index contributed by atoms with van der Waals surface area (Å²) in [5, 5.41) is 2.78. The predicted octanol–water partition coefficient (Wildman–Crippen LogP) is 6.86. The Hall–Kier alpha value is -4.92. The second kappa shape index (κ2) is 12.5. The van der Waals surface area contributed by atoms with Crippen molar-refractivity contribution in [2.75, 3.05) is 19.4 Å². The largest absolute Gasteiger partial charge is 0.427 e. The zero-order valence-electron chi connectivity index (χ0n) is 22.4. The fourth-order valence-electron chi connectivity index (χ4n) is 4.15. The molecule has 0 spiro atoms. The van der Waals surface area contributed by atoms with E-state index in [1.807, 2.05) is 6.07 Å². The molecule has 0 saturated heterocycles. The van der Waals surface area contributed by atoms with Gasteiger partial charge in [0.2, 0.25) is 0 Å². The summed E-state index contributed by atoms with van der Waals surface area (Å²) >= 11 is 0. The number of hydrogen-bond donors (Lipinski definition) is 1. The molecule has 4 rings (SSSR count). The maximum absolute atomic E-state index is 13.4. The lowest BCUT2D eigenvalue weighted by atomic mass is 9.97. The lowest BCUT2D eigenvalue weighted by molar-refractivity contribution is -0.137. The number of nitrogens with zero attached hydrogens (tertiary/aromatic N) is 1. The normalized spacial score (nSPS) is 11.0. The highest BCUT2D eigenvalue weighted by Crippen LogP contribution is 2.32. The smallest absolute Gasteiger partial charge is 0.416 e. The Morgan fingerprint density at radius 1 is 0.805 bits per heavy atom. The van der Waals surface area contributed by atoms with E-state index in [1.54, 1.807) is 80.8 Å². The molecule has 0 radical (unpaired) electrons. The molecule has 0 fully saturated rings. The summed E-state index contributed by atoms with van der Waals surface area (Å²) in [6, 6.07) is 24.7. The van der Waals surface area contributed by atoms with Crippen molar-refractivity contribution in [1.29, 1.82) is 0 Å². The summed E-state index contributed by atoms with van der Waals surface area (Å²) in [7, 11) is 3.16. The molecule has 0 bridgehead atoms. The van der Waals surface area contributed by atoms with Gasteiger partial charge in [-0.2, -0.15) is 13.2 Å². The topological polar surface area (TPSA) is 75.7 Å². The van der Waals surface area contributed by atoms with Crippen molar-refractivity contribution < 1.29 is 32.3 Å². The molecule has 1 N–H and O–H groups in total. The van der Waals surface area contributed by atoms with Gasteiger partial charge in [-0.15, -0.1) is 0 Å². The van der Waals surface area contributed by atoms with Gasteiger partial charge in [0.1, 0.15) is 5.75 Å². The minimum Gasteiger partial charge on any atom is -0.427 e. The number of para-hydroxylation sites is 1. The molecule has 0 saturated carbocycles. The summed E-state index contributed by atoms with van der Waals surface area (Å²) in [5.41, 5.74) is 1.49.